The Kier molecular flexibility index (Phi) is 6.24. The van der Waals surface area contributed by atoms with E-state index in [4.69, 9.17) is 4.74 Å². The number of hydrogen-bond acceptors (Lipinski definition) is 6. The molecular formula is C22H26N2O4. The molecule has 0 saturated carbocycles. The third kappa shape index (κ3) is 3.58. The van der Waals surface area contributed by atoms with Crippen LogP contribution in [0.3, 0.4) is 0 Å². The van der Waals surface area contributed by atoms with E-state index in [1.807, 2.05) is 31.2 Å². The van der Waals surface area contributed by atoms with E-state index in [0.717, 1.165) is 28.8 Å². The van der Waals surface area contributed by atoms with E-state index in [1.165, 1.54) is 0 Å². The standard InChI is InChI=1S/C22H26N2O4/c1-4-18-13(2)23-24-22(14-5-6-15(10-25)16(7-14)11-26)20-8-17(12-27)21(28-3)9-19(18)20/h5-9,18,25-27H,4,10-12H2,1-3H3/t18-/m0/s1. The highest BCUT2D eigenvalue weighted by molar-refractivity contribution is 6.15. The maximum Gasteiger partial charge on any atom is 0.124 e. The summed E-state index contributed by atoms with van der Waals surface area (Å²) < 4.78 is 5.48. The van der Waals surface area contributed by atoms with Crippen LogP contribution in [0.25, 0.3) is 0 Å². The van der Waals surface area contributed by atoms with Crippen LogP contribution in [0, 0.1) is 0 Å². The third-order valence-corrected chi connectivity index (χ3v) is 5.29. The van der Waals surface area contributed by atoms with E-state index >= 15 is 0 Å². The van der Waals surface area contributed by atoms with E-state index in [2.05, 4.69) is 17.1 Å². The van der Waals surface area contributed by atoms with Gasteiger partial charge in [0.05, 0.1) is 26.9 Å². The van der Waals surface area contributed by atoms with E-state index < -0.39 is 0 Å². The van der Waals surface area contributed by atoms with Crippen LogP contribution in [0.4, 0.5) is 0 Å². The smallest absolute Gasteiger partial charge is 0.124 e. The maximum atomic E-state index is 9.79. The molecule has 148 valence electrons. The quantitative estimate of drug-likeness (QED) is 0.716. The highest BCUT2D eigenvalue weighted by atomic mass is 16.5. The van der Waals surface area contributed by atoms with Crippen molar-refractivity contribution in [3.05, 3.63) is 63.7 Å². The fourth-order valence-corrected chi connectivity index (χ4v) is 3.73. The van der Waals surface area contributed by atoms with Crippen LogP contribution < -0.4 is 4.74 Å². The van der Waals surface area contributed by atoms with Gasteiger partial charge in [-0.1, -0.05) is 19.1 Å². The first kappa shape index (κ1) is 20.2. The Hall–Kier alpha value is -2.54. The number of rotatable bonds is 6. The van der Waals surface area contributed by atoms with E-state index in [0.29, 0.717) is 28.2 Å². The Morgan fingerprint density at radius 2 is 1.64 bits per heavy atom. The Morgan fingerprint density at radius 3 is 2.25 bits per heavy atom. The summed E-state index contributed by atoms with van der Waals surface area (Å²) in [5.74, 6) is 0.729. The minimum atomic E-state index is -0.172. The van der Waals surface area contributed by atoms with Crippen molar-refractivity contribution in [2.24, 2.45) is 10.2 Å². The van der Waals surface area contributed by atoms with Gasteiger partial charge in [-0.25, -0.2) is 0 Å². The molecule has 0 bridgehead atoms. The fraction of sp³-hybridized carbons (Fsp3) is 0.364. The summed E-state index contributed by atoms with van der Waals surface area (Å²) in [5.41, 5.74) is 6.31. The fourth-order valence-electron chi connectivity index (χ4n) is 3.73. The average molecular weight is 382 g/mol. The van der Waals surface area contributed by atoms with Crippen LogP contribution in [0.2, 0.25) is 0 Å². The Balaban J connectivity index is 2.26. The number of methoxy groups -OCH3 is 1. The van der Waals surface area contributed by atoms with Gasteiger partial charge in [-0.15, -0.1) is 5.10 Å². The molecule has 1 aliphatic rings. The van der Waals surface area contributed by atoms with Crippen LogP contribution in [0.5, 0.6) is 5.75 Å². The molecule has 2 aromatic rings. The van der Waals surface area contributed by atoms with Crippen molar-refractivity contribution in [1.29, 1.82) is 0 Å². The first-order valence-corrected chi connectivity index (χ1v) is 9.35. The Bertz CT molecular complexity index is 934. The van der Waals surface area contributed by atoms with E-state index in [9.17, 15) is 15.3 Å². The van der Waals surface area contributed by atoms with Gasteiger partial charge in [-0.3, -0.25) is 0 Å². The molecule has 0 radical (unpaired) electrons. The monoisotopic (exact) mass is 382 g/mol. The molecule has 3 rings (SSSR count). The molecule has 1 aliphatic heterocycles. The number of aliphatic hydroxyl groups is 3. The zero-order valence-electron chi connectivity index (χ0n) is 16.4. The number of benzene rings is 2. The third-order valence-electron chi connectivity index (χ3n) is 5.29. The number of ether oxygens (including phenoxy) is 1. The second kappa shape index (κ2) is 8.65. The second-order valence-electron chi connectivity index (χ2n) is 6.86. The molecule has 6 heteroatoms. The summed E-state index contributed by atoms with van der Waals surface area (Å²) in [6.45, 7) is 3.61. The zero-order valence-corrected chi connectivity index (χ0v) is 16.4. The normalized spacial score (nSPS) is 16.1. The highest BCUT2D eigenvalue weighted by Crippen LogP contribution is 2.35. The maximum absolute atomic E-state index is 9.79. The molecule has 0 saturated heterocycles. The molecule has 28 heavy (non-hydrogen) atoms. The summed E-state index contributed by atoms with van der Waals surface area (Å²) in [4.78, 5) is 0. The molecular weight excluding hydrogens is 356 g/mol. The van der Waals surface area contributed by atoms with Crippen LogP contribution in [-0.4, -0.2) is 33.9 Å². The molecule has 3 N–H and O–H groups in total. The van der Waals surface area contributed by atoms with Crippen LogP contribution in [0.1, 0.15) is 59.6 Å². The lowest BCUT2D eigenvalue weighted by Gasteiger charge is -2.20. The molecule has 2 aromatic carbocycles. The van der Waals surface area contributed by atoms with Gasteiger partial charge >= 0.3 is 0 Å². The lowest BCUT2D eigenvalue weighted by atomic mass is 9.84. The number of nitrogens with zero attached hydrogens (tertiary/aromatic N) is 2. The lowest BCUT2D eigenvalue weighted by Crippen LogP contribution is -2.13. The van der Waals surface area contributed by atoms with Gasteiger partial charge in [0.25, 0.3) is 0 Å². The van der Waals surface area contributed by atoms with Crippen molar-refractivity contribution in [2.45, 2.75) is 46.0 Å². The predicted octanol–water partition coefficient (Wildman–Crippen LogP) is 2.89. The van der Waals surface area contributed by atoms with Gasteiger partial charge in [0, 0.05) is 28.3 Å². The minimum absolute atomic E-state index is 0.0897. The second-order valence-corrected chi connectivity index (χ2v) is 6.86. The van der Waals surface area contributed by atoms with Crippen molar-refractivity contribution >= 4 is 11.4 Å². The molecule has 6 nitrogen and oxygen atoms in total. The largest absolute Gasteiger partial charge is 0.496 e. The predicted molar refractivity (Wildman–Crippen MR) is 109 cm³/mol. The number of hydrogen-bond donors (Lipinski definition) is 3. The highest BCUT2D eigenvalue weighted by Gasteiger charge is 2.25. The Morgan fingerprint density at radius 1 is 0.929 bits per heavy atom. The molecule has 0 aliphatic carbocycles. The molecule has 1 atom stereocenters. The van der Waals surface area contributed by atoms with Gasteiger partial charge < -0.3 is 20.1 Å². The van der Waals surface area contributed by atoms with E-state index in [-0.39, 0.29) is 25.7 Å². The number of aliphatic hydroxyl groups excluding tert-OH is 3. The lowest BCUT2D eigenvalue weighted by molar-refractivity contribution is 0.260. The van der Waals surface area contributed by atoms with Gasteiger partial charge in [0.2, 0.25) is 0 Å². The molecule has 0 fully saturated rings. The number of fused-ring (bicyclic) bond motifs is 1. The SMILES string of the molecule is CC[C@H]1C(C)=NN=C(c2ccc(CO)c(CO)c2)c2cc(CO)c(OC)cc21. The zero-order chi connectivity index (χ0) is 20.3. The first-order chi connectivity index (χ1) is 13.6. The average Bonchev–Trinajstić information content (AvgIpc) is 2.87. The van der Waals surface area contributed by atoms with Crippen molar-refractivity contribution in [3.63, 3.8) is 0 Å². The van der Waals surface area contributed by atoms with Crippen LogP contribution in [-0.2, 0) is 19.8 Å². The summed E-state index contributed by atoms with van der Waals surface area (Å²) in [7, 11) is 1.59. The molecule has 0 amide bonds. The van der Waals surface area contributed by atoms with Crippen molar-refractivity contribution in [2.75, 3.05) is 7.11 Å². The van der Waals surface area contributed by atoms with Crippen LogP contribution in [0.15, 0.2) is 40.5 Å². The van der Waals surface area contributed by atoms with E-state index in [1.54, 1.807) is 13.2 Å². The first-order valence-electron chi connectivity index (χ1n) is 9.35. The Labute approximate surface area is 164 Å². The van der Waals surface area contributed by atoms with Gasteiger partial charge in [0.15, 0.2) is 0 Å². The van der Waals surface area contributed by atoms with Gasteiger partial charge in [-0.2, -0.15) is 5.10 Å². The topological polar surface area (TPSA) is 94.6 Å². The summed E-state index contributed by atoms with van der Waals surface area (Å²) in [6, 6.07) is 9.35. The minimum Gasteiger partial charge on any atom is -0.496 e. The summed E-state index contributed by atoms with van der Waals surface area (Å²) in [5, 5.41) is 37.9. The molecule has 0 unspecified atom stereocenters. The molecule has 0 spiro atoms. The van der Waals surface area contributed by atoms with Gasteiger partial charge in [0.1, 0.15) is 11.5 Å². The summed E-state index contributed by atoms with van der Waals surface area (Å²) >= 11 is 0. The summed E-state index contributed by atoms with van der Waals surface area (Å²) in [6.07, 6.45) is 0.859. The van der Waals surface area contributed by atoms with Gasteiger partial charge in [-0.05, 0) is 48.2 Å². The van der Waals surface area contributed by atoms with Crippen molar-refractivity contribution in [1.82, 2.24) is 0 Å². The van der Waals surface area contributed by atoms with Crippen LogP contribution >= 0.6 is 0 Å². The molecule has 1 heterocycles. The van der Waals surface area contributed by atoms with Crippen molar-refractivity contribution in [3.8, 4) is 5.75 Å². The molecule has 0 aromatic heterocycles. The van der Waals surface area contributed by atoms with Crippen molar-refractivity contribution < 1.29 is 20.1 Å².